The van der Waals surface area contributed by atoms with Crippen LogP contribution in [0.2, 0.25) is 0 Å². The zero-order chi connectivity index (χ0) is 19.7. The highest BCUT2D eigenvalue weighted by Crippen LogP contribution is 2.68. The quantitative estimate of drug-likeness (QED) is 0.717. The molecule has 152 valence electrons. The summed E-state index contributed by atoms with van der Waals surface area (Å²) in [6.07, 6.45) is 13.8. The Bertz CT molecular complexity index is 763. The van der Waals surface area contributed by atoms with Gasteiger partial charge in [-0.1, -0.05) is 12.5 Å². The van der Waals surface area contributed by atoms with E-state index in [4.69, 9.17) is 5.11 Å². The smallest absolute Gasteiger partial charge is 0.328 e. The minimum absolute atomic E-state index is 0.237. The van der Waals surface area contributed by atoms with E-state index in [0.29, 0.717) is 48.2 Å². The first-order valence-corrected chi connectivity index (χ1v) is 11.2. The molecular formula is C24H32O4. The number of ketones is 1. The van der Waals surface area contributed by atoms with Gasteiger partial charge in [-0.05, 0) is 99.0 Å². The second-order valence-electron chi connectivity index (χ2n) is 10.5. The fourth-order valence-corrected chi connectivity index (χ4v) is 7.83. The van der Waals surface area contributed by atoms with E-state index in [1.54, 1.807) is 6.08 Å². The Morgan fingerprint density at radius 2 is 1.93 bits per heavy atom. The molecule has 0 spiro atoms. The lowest BCUT2D eigenvalue weighted by Crippen LogP contribution is -2.54. The predicted molar refractivity (Wildman–Crippen MR) is 105 cm³/mol. The van der Waals surface area contributed by atoms with Crippen molar-refractivity contribution in [3.05, 3.63) is 23.8 Å². The van der Waals surface area contributed by atoms with E-state index in [1.807, 2.05) is 6.08 Å². The molecule has 0 bridgehead atoms. The lowest BCUT2D eigenvalue weighted by atomic mass is 9.47. The van der Waals surface area contributed by atoms with E-state index < -0.39 is 11.6 Å². The van der Waals surface area contributed by atoms with Crippen molar-refractivity contribution in [1.82, 2.24) is 0 Å². The Morgan fingerprint density at radius 3 is 2.64 bits per heavy atom. The first kappa shape index (κ1) is 18.6. The molecule has 4 nitrogen and oxygen atoms in total. The first-order chi connectivity index (χ1) is 13.3. The summed E-state index contributed by atoms with van der Waals surface area (Å²) in [5, 5.41) is 20.6. The van der Waals surface area contributed by atoms with Gasteiger partial charge in [0.05, 0.1) is 5.60 Å². The van der Waals surface area contributed by atoms with Gasteiger partial charge in [-0.2, -0.15) is 0 Å². The van der Waals surface area contributed by atoms with Gasteiger partial charge in [0.2, 0.25) is 0 Å². The van der Waals surface area contributed by atoms with Crippen LogP contribution in [0.15, 0.2) is 23.8 Å². The Kier molecular flexibility index (Phi) is 4.18. The number of allylic oxidation sites excluding steroid dienone is 1. The monoisotopic (exact) mass is 384 g/mol. The largest absolute Gasteiger partial charge is 0.478 e. The molecule has 4 heteroatoms. The van der Waals surface area contributed by atoms with Crippen molar-refractivity contribution in [2.24, 2.45) is 40.9 Å². The van der Waals surface area contributed by atoms with Crippen LogP contribution in [0.1, 0.15) is 64.7 Å². The van der Waals surface area contributed by atoms with E-state index in [2.05, 4.69) is 6.92 Å². The summed E-state index contributed by atoms with van der Waals surface area (Å²) in [5.41, 5.74) is 0.184. The topological polar surface area (TPSA) is 74.6 Å². The molecule has 4 fully saturated rings. The van der Waals surface area contributed by atoms with Gasteiger partial charge in [-0.15, -0.1) is 0 Å². The van der Waals surface area contributed by atoms with Crippen molar-refractivity contribution >= 4 is 11.8 Å². The number of rotatable bonds is 3. The standard InChI is InChI=1S/C24H32O4/c1-23-9-6-18-17-5-4-16(25)12-15(17)13-19(14-2-3-14)22(18)20(23)7-10-24(23,28)11-8-21(26)27/h8,11-12,14,17-20,22,28H,2-7,9-10,13H2,1H3,(H,26,27)/b11-8-/t17-,18+,19+,20-,22-,23-,24+/m0/s1. The number of carboxylic acid groups (broad SMARTS) is 1. The molecule has 0 saturated heterocycles. The molecule has 0 radical (unpaired) electrons. The third-order valence-electron chi connectivity index (χ3n) is 9.34. The summed E-state index contributed by atoms with van der Waals surface area (Å²) < 4.78 is 0. The summed E-state index contributed by atoms with van der Waals surface area (Å²) in [4.78, 5) is 23.1. The average Bonchev–Trinajstić information content (AvgIpc) is 3.45. The van der Waals surface area contributed by atoms with E-state index in [0.717, 1.165) is 44.1 Å². The molecule has 5 aliphatic carbocycles. The van der Waals surface area contributed by atoms with Crippen LogP contribution in [0.5, 0.6) is 0 Å². The van der Waals surface area contributed by atoms with Crippen LogP contribution >= 0.6 is 0 Å². The number of hydrogen-bond acceptors (Lipinski definition) is 3. The molecule has 0 heterocycles. The van der Waals surface area contributed by atoms with Crippen LogP contribution < -0.4 is 0 Å². The van der Waals surface area contributed by atoms with E-state index >= 15 is 0 Å². The second kappa shape index (κ2) is 6.29. The molecule has 0 unspecified atom stereocenters. The maximum absolute atomic E-state index is 12.1. The zero-order valence-corrected chi connectivity index (χ0v) is 16.8. The van der Waals surface area contributed by atoms with Gasteiger partial charge < -0.3 is 10.2 Å². The number of carbonyl (C=O) groups excluding carboxylic acids is 1. The highest BCUT2D eigenvalue weighted by Gasteiger charge is 2.64. The second-order valence-corrected chi connectivity index (χ2v) is 10.5. The molecule has 28 heavy (non-hydrogen) atoms. The summed E-state index contributed by atoms with van der Waals surface area (Å²) in [6, 6.07) is 0. The number of fused-ring (bicyclic) bond motifs is 5. The SMILES string of the molecule is C[C@]12CC[C@H]3[C@@H]([C@@H](C4CC4)CC4=CC(=O)CC[C@@H]43)[C@@H]1CC[C@@]2(O)/C=C\C(=O)O. The van der Waals surface area contributed by atoms with Crippen LogP contribution in [0.4, 0.5) is 0 Å². The lowest BCUT2D eigenvalue weighted by Gasteiger charge is -2.58. The highest BCUT2D eigenvalue weighted by atomic mass is 16.4. The van der Waals surface area contributed by atoms with Crippen LogP contribution in [0, 0.1) is 40.9 Å². The van der Waals surface area contributed by atoms with Crippen molar-refractivity contribution in [3.63, 3.8) is 0 Å². The molecule has 4 saturated carbocycles. The highest BCUT2D eigenvalue weighted by molar-refractivity contribution is 5.91. The summed E-state index contributed by atoms with van der Waals surface area (Å²) in [6.45, 7) is 2.22. The van der Waals surface area contributed by atoms with Crippen molar-refractivity contribution in [3.8, 4) is 0 Å². The van der Waals surface area contributed by atoms with Crippen molar-refractivity contribution in [1.29, 1.82) is 0 Å². The number of aliphatic hydroxyl groups is 1. The van der Waals surface area contributed by atoms with Crippen LogP contribution in [-0.4, -0.2) is 27.6 Å². The van der Waals surface area contributed by atoms with Gasteiger partial charge >= 0.3 is 5.97 Å². The van der Waals surface area contributed by atoms with Gasteiger partial charge in [-0.25, -0.2) is 4.79 Å². The summed E-state index contributed by atoms with van der Waals surface area (Å²) >= 11 is 0. The predicted octanol–water partition coefficient (Wildman–Crippen LogP) is 4.14. The fourth-order valence-electron chi connectivity index (χ4n) is 7.83. The van der Waals surface area contributed by atoms with Gasteiger partial charge in [0.15, 0.2) is 5.78 Å². The first-order valence-electron chi connectivity index (χ1n) is 11.2. The fraction of sp³-hybridized carbons (Fsp3) is 0.750. The number of carbonyl (C=O) groups is 2. The molecule has 5 rings (SSSR count). The zero-order valence-electron chi connectivity index (χ0n) is 16.8. The molecule has 7 atom stereocenters. The van der Waals surface area contributed by atoms with Crippen LogP contribution in [0.25, 0.3) is 0 Å². The minimum atomic E-state index is -1.01. The van der Waals surface area contributed by atoms with Gasteiger partial charge in [-0.3, -0.25) is 4.79 Å². The van der Waals surface area contributed by atoms with Crippen molar-refractivity contribution < 1.29 is 19.8 Å². The van der Waals surface area contributed by atoms with Crippen LogP contribution in [0.3, 0.4) is 0 Å². The molecule has 0 aromatic carbocycles. The molecule has 0 aromatic rings. The molecule has 2 N–H and O–H groups in total. The molecule has 0 aliphatic heterocycles. The number of aliphatic carboxylic acids is 1. The van der Waals surface area contributed by atoms with Crippen molar-refractivity contribution in [2.75, 3.05) is 0 Å². The Labute approximate surface area is 167 Å². The number of carboxylic acids is 1. The normalized spacial score (nSPS) is 48.0. The summed E-state index contributed by atoms with van der Waals surface area (Å²) in [7, 11) is 0. The summed E-state index contributed by atoms with van der Waals surface area (Å²) in [5.74, 6) is 3.05. The average molecular weight is 385 g/mol. The van der Waals surface area contributed by atoms with Gasteiger partial charge in [0.1, 0.15) is 0 Å². The minimum Gasteiger partial charge on any atom is -0.478 e. The molecule has 0 aromatic heterocycles. The molecular weight excluding hydrogens is 352 g/mol. The Balaban J connectivity index is 1.50. The number of hydrogen-bond donors (Lipinski definition) is 2. The van der Waals surface area contributed by atoms with Crippen molar-refractivity contribution in [2.45, 2.75) is 70.3 Å². The molecule has 0 amide bonds. The maximum Gasteiger partial charge on any atom is 0.328 e. The Hall–Kier alpha value is -1.42. The van der Waals surface area contributed by atoms with Crippen LogP contribution in [-0.2, 0) is 9.59 Å². The maximum atomic E-state index is 12.1. The van der Waals surface area contributed by atoms with Gasteiger partial charge in [0, 0.05) is 17.9 Å². The Morgan fingerprint density at radius 1 is 1.14 bits per heavy atom. The van der Waals surface area contributed by atoms with E-state index in [1.165, 1.54) is 18.4 Å². The lowest BCUT2D eigenvalue weighted by molar-refractivity contribution is -0.132. The van der Waals surface area contributed by atoms with Gasteiger partial charge in [0.25, 0.3) is 0 Å². The molecule has 5 aliphatic rings. The van der Waals surface area contributed by atoms with E-state index in [9.17, 15) is 14.7 Å². The van der Waals surface area contributed by atoms with E-state index in [-0.39, 0.29) is 5.41 Å². The third kappa shape index (κ3) is 2.67. The third-order valence-corrected chi connectivity index (χ3v) is 9.34.